The molecule has 0 saturated heterocycles. The van der Waals surface area contributed by atoms with Crippen molar-refractivity contribution >= 4 is 29.4 Å². The highest BCUT2D eigenvalue weighted by atomic mass is 35.5. The van der Waals surface area contributed by atoms with Gasteiger partial charge in [0.25, 0.3) is 0 Å². The average Bonchev–Trinajstić information content (AvgIpc) is 1.96. The standard InChI is InChI=1S/C11H12Cl2O3/c1-11(2,3)16-10(14)15-9-5-7(12)4-8(13)6-9/h4-6H,1-3H3. The van der Waals surface area contributed by atoms with E-state index in [1.807, 2.05) is 0 Å². The molecule has 0 saturated carbocycles. The first kappa shape index (κ1) is 13.1. The Bertz CT molecular complexity index is 376. The van der Waals surface area contributed by atoms with Crippen LogP contribution in [0.1, 0.15) is 20.8 Å². The summed E-state index contributed by atoms with van der Waals surface area (Å²) in [5.74, 6) is 0.256. The van der Waals surface area contributed by atoms with Crippen LogP contribution in [-0.2, 0) is 4.74 Å². The van der Waals surface area contributed by atoms with Crippen LogP contribution in [0.15, 0.2) is 18.2 Å². The van der Waals surface area contributed by atoms with Crippen LogP contribution in [0.2, 0.25) is 10.0 Å². The zero-order chi connectivity index (χ0) is 12.3. The lowest BCUT2D eigenvalue weighted by atomic mass is 10.2. The van der Waals surface area contributed by atoms with Gasteiger partial charge in [0.15, 0.2) is 0 Å². The van der Waals surface area contributed by atoms with Gasteiger partial charge in [-0.2, -0.15) is 0 Å². The Labute approximate surface area is 104 Å². The molecule has 0 N–H and O–H groups in total. The van der Waals surface area contributed by atoms with Crippen molar-refractivity contribution in [3.05, 3.63) is 28.2 Å². The number of carbonyl (C=O) groups excluding carboxylic acids is 1. The Kier molecular flexibility index (Phi) is 4.05. The number of ether oxygens (including phenoxy) is 2. The van der Waals surface area contributed by atoms with Crippen LogP contribution in [0, 0.1) is 0 Å². The van der Waals surface area contributed by atoms with E-state index >= 15 is 0 Å². The Morgan fingerprint density at radius 1 is 1.12 bits per heavy atom. The highest BCUT2D eigenvalue weighted by Gasteiger charge is 2.18. The van der Waals surface area contributed by atoms with Gasteiger partial charge in [0.1, 0.15) is 11.4 Å². The summed E-state index contributed by atoms with van der Waals surface area (Å²) < 4.78 is 9.90. The molecule has 0 bridgehead atoms. The Balaban J connectivity index is 2.70. The van der Waals surface area contributed by atoms with Crippen molar-refractivity contribution in [3.63, 3.8) is 0 Å². The van der Waals surface area contributed by atoms with E-state index in [2.05, 4.69) is 0 Å². The average molecular weight is 263 g/mol. The van der Waals surface area contributed by atoms with Gasteiger partial charge in [-0.15, -0.1) is 0 Å². The number of halogens is 2. The van der Waals surface area contributed by atoms with Crippen LogP contribution < -0.4 is 4.74 Å². The minimum absolute atomic E-state index is 0.256. The summed E-state index contributed by atoms with van der Waals surface area (Å²) >= 11 is 11.5. The summed E-state index contributed by atoms with van der Waals surface area (Å²) in [6.07, 6.45) is -0.786. The summed E-state index contributed by atoms with van der Waals surface area (Å²) in [5, 5.41) is 0.789. The van der Waals surface area contributed by atoms with E-state index in [0.717, 1.165) is 0 Å². The fraction of sp³-hybridized carbons (Fsp3) is 0.364. The van der Waals surface area contributed by atoms with Crippen LogP contribution in [0.3, 0.4) is 0 Å². The van der Waals surface area contributed by atoms with Crippen LogP contribution in [0.4, 0.5) is 4.79 Å². The molecule has 16 heavy (non-hydrogen) atoms. The highest BCUT2D eigenvalue weighted by molar-refractivity contribution is 6.34. The van der Waals surface area contributed by atoms with E-state index in [9.17, 15) is 4.79 Å². The van der Waals surface area contributed by atoms with E-state index in [4.69, 9.17) is 32.7 Å². The number of benzene rings is 1. The number of hydrogen-bond donors (Lipinski definition) is 0. The van der Waals surface area contributed by atoms with Gasteiger partial charge < -0.3 is 9.47 Å². The normalized spacial score (nSPS) is 11.1. The molecular formula is C11H12Cl2O3. The molecule has 88 valence electrons. The lowest BCUT2D eigenvalue weighted by molar-refractivity contribution is 0.0206. The molecule has 0 spiro atoms. The molecule has 0 heterocycles. The SMILES string of the molecule is CC(C)(C)OC(=O)Oc1cc(Cl)cc(Cl)c1. The third kappa shape index (κ3) is 4.73. The summed E-state index contributed by atoms with van der Waals surface area (Å²) in [5.41, 5.74) is -0.598. The smallest absolute Gasteiger partial charge is 0.428 e. The first-order valence-electron chi connectivity index (χ1n) is 4.63. The molecule has 0 fully saturated rings. The van der Waals surface area contributed by atoms with E-state index in [-0.39, 0.29) is 5.75 Å². The molecule has 1 rings (SSSR count). The molecule has 0 amide bonds. The van der Waals surface area contributed by atoms with Crippen LogP contribution in [0.5, 0.6) is 5.75 Å². The van der Waals surface area contributed by atoms with Crippen molar-refractivity contribution < 1.29 is 14.3 Å². The molecule has 0 atom stereocenters. The molecular weight excluding hydrogens is 251 g/mol. The van der Waals surface area contributed by atoms with Crippen molar-refractivity contribution in [2.45, 2.75) is 26.4 Å². The van der Waals surface area contributed by atoms with E-state index < -0.39 is 11.8 Å². The third-order valence-electron chi connectivity index (χ3n) is 1.43. The van der Waals surface area contributed by atoms with Crippen LogP contribution in [-0.4, -0.2) is 11.8 Å². The van der Waals surface area contributed by atoms with E-state index in [0.29, 0.717) is 10.0 Å². The molecule has 5 heteroatoms. The number of rotatable bonds is 1. The fourth-order valence-corrected chi connectivity index (χ4v) is 1.46. The second-order valence-corrected chi connectivity index (χ2v) is 5.04. The zero-order valence-electron chi connectivity index (χ0n) is 9.21. The van der Waals surface area contributed by atoms with E-state index in [1.54, 1.807) is 26.8 Å². The largest absolute Gasteiger partial charge is 0.514 e. The molecule has 0 aliphatic heterocycles. The van der Waals surface area contributed by atoms with Gasteiger partial charge in [0.2, 0.25) is 0 Å². The Morgan fingerprint density at radius 2 is 1.62 bits per heavy atom. The summed E-state index contributed by atoms with van der Waals surface area (Å²) in [6.45, 7) is 5.25. The predicted molar refractivity (Wildman–Crippen MR) is 63.3 cm³/mol. The van der Waals surface area contributed by atoms with Crippen molar-refractivity contribution in [3.8, 4) is 5.75 Å². The van der Waals surface area contributed by atoms with Crippen molar-refractivity contribution in [2.24, 2.45) is 0 Å². The molecule has 0 aliphatic carbocycles. The van der Waals surface area contributed by atoms with Gasteiger partial charge >= 0.3 is 6.16 Å². The van der Waals surface area contributed by atoms with Crippen LogP contribution >= 0.6 is 23.2 Å². The zero-order valence-corrected chi connectivity index (χ0v) is 10.7. The summed E-state index contributed by atoms with van der Waals surface area (Å²) in [7, 11) is 0. The van der Waals surface area contributed by atoms with Gasteiger partial charge in [0.05, 0.1) is 0 Å². The summed E-state index contributed by atoms with van der Waals surface area (Å²) in [6, 6.07) is 4.51. The highest BCUT2D eigenvalue weighted by Crippen LogP contribution is 2.24. The number of hydrogen-bond acceptors (Lipinski definition) is 3. The maximum Gasteiger partial charge on any atom is 0.514 e. The maximum absolute atomic E-state index is 11.3. The van der Waals surface area contributed by atoms with Crippen molar-refractivity contribution in [1.29, 1.82) is 0 Å². The minimum Gasteiger partial charge on any atom is -0.428 e. The molecule has 0 aromatic heterocycles. The third-order valence-corrected chi connectivity index (χ3v) is 1.86. The van der Waals surface area contributed by atoms with Gasteiger partial charge in [0, 0.05) is 10.0 Å². The maximum atomic E-state index is 11.3. The second kappa shape index (κ2) is 4.93. The molecule has 0 radical (unpaired) electrons. The first-order chi connectivity index (χ1) is 7.26. The van der Waals surface area contributed by atoms with Crippen LogP contribution in [0.25, 0.3) is 0 Å². The van der Waals surface area contributed by atoms with Gasteiger partial charge in [-0.3, -0.25) is 0 Å². The Hall–Kier alpha value is -0.930. The van der Waals surface area contributed by atoms with Crippen molar-refractivity contribution in [2.75, 3.05) is 0 Å². The lowest BCUT2D eigenvalue weighted by Crippen LogP contribution is -2.25. The lowest BCUT2D eigenvalue weighted by Gasteiger charge is -2.18. The monoisotopic (exact) mass is 262 g/mol. The molecule has 1 aromatic carbocycles. The predicted octanol–water partition coefficient (Wildman–Crippen LogP) is 4.31. The summed E-state index contributed by atoms with van der Waals surface area (Å²) in [4.78, 5) is 11.3. The first-order valence-corrected chi connectivity index (χ1v) is 5.39. The molecule has 3 nitrogen and oxygen atoms in total. The molecule has 0 unspecified atom stereocenters. The molecule has 1 aromatic rings. The fourth-order valence-electron chi connectivity index (χ4n) is 0.955. The quantitative estimate of drug-likeness (QED) is 0.559. The molecule has 0 aliphatic rings. The minimum atomic E-state index is -0.786. The van der Waals surface area contributed by atoms with E-state index in [1.165, 1.54) is 12.1 Å². The van der Waals surface area contributed by atoms with Gasteiger partial charge in [-0.05, 0) is 39.0 Å². The number of carbonyl (C=O) groups is 1. The van der Waals surface area contributed by atoms with Crippen molar-refractivity contribution in [1.82, 2.24) is 0 Å². The second-order valence-electron chi connectivity index (χ2n) is 4.17. The van der Waals surface area contributed by atoms with Gasteiger partial charge in [-0.25, -0.2) is 4.79 Å². The Morgan fingerprint density at radius 3 is 2.06 bits per heavy atom. The topological polar surface area (TPSA) is 35.5 Å². The van der Waals surface area contributed by atoms with Gasteiger partial charge in [-0.1, -0.05) is 23.2 Å².